The lowest BCUT2D eigenvalue weighted by Gasteiger charge is -2.39. The van der Waals surface area contributed by atoms with E-state index >= 15 is 0 Å². The van der Waals surface area contributed by atoms with Crippen molar-refractivity contribution < 1.29 is 9.90 Å². The molecule has 4 nitrogen and oxygen atoms in total. The van der Waals surface area contributed by atoms with Crippen molar-refractivity contribution in [3.63, 3.8) is 0 Å². The molecule has 1 saturated carbocycles. The number of rotatable bonds is 2. The van der Waals surface area contributed by atoms with Crippen molar-refractivity contribution in [1.82, 2.24) is 4.90 Å². The first-order valence-electron chi connectivity index (χ1n) is 5.88. The van der Waals surface area contributed by atoms with E-state index in [9.17, 15) is 4.79 Å². The SMILES string of the molecule is NC1(C(=O)O)CCN(C2CCCC2)CC1. The van der Waals surface area contributed by atoms with Gasteiger partial charge in [-0.05, 0) is 25.7 Å². The highest BCUT2D eigenvalue weighted by molar-refractivity contribution is 5.78. The van der Waals surface area contributed by atoms with Crippen LogP contribution in [0.25, 0.3) is 0 Å². The van der Waals surface area contributed by atoms with Crippen LogP contribution in [0.15, 0.2) is 0 Å². The molecule has 3 N–H and O–H groups in total. The summed E-state index contributed by atoms with van der Waals surface area (Å²) in [6.07, 6.45) is 6.41. The smallest absolute Gasteiger partial charge is 0.323 e. The van der Waals surface area contributed by atoms with Crippen LogP contribution in [-0.2, 0) is 4.79 Å². The van der Waals surface area contributed by atoms with Gasteiger partial charge in [-0.2, -0.15) is 0 Å². The van der Waals surface area contributed by atoms with Crippen molar-refractivity contribution in [2.75, 3.05) is 13.1 Å². The van der Waals surface area contributed by atoms with Crippen LogP contribution in [-0.4, -0.2) is 40.6 Å². The lowest BCUT2D eigenvalue weighted by molar-refractivity contribution is -0.145. The maximum Gasteiger partial charge on any atom is 0.323 e. The van der Waals surface area contributed by atoms with Crippen LogP contribution in [0.2, 0.25) is 0 Å². The molecule has 1 heterocycles. The largest absolute Gasteiger partial charge is 0.480 e. The lowest BCUT2D eigenvalue weighted by Crippen LogP contribution is -2.56. The summed E-state index contributed by atoms with van der Waals surface area (Å²) >= 11 is 0. The average molecular weight is 212 g/mol. The van der Waals surface area contributed by atoms with E-state index in [0.29, 0.717) is 18.9 Å². The summed E-state index contributed by atoms with van der Waals surface area (Å²) in [6.45, 7) is 1.71. The third-order valence-electron chi connectivity index (χ3n) is 3.96. The molecule has 1 aliphatic heterocycles. The first-order valence-corrected chi connectivity index (χ1v) is 5.88. The zero-order chi connectivity index (χ0) is 10.9. The van der Waals surface area contributed by atoms with E-state index in [4.69, 9.17) is 10.8 Å². The molecular weight excluding hydrogens is 192 g/mol. The number of hydrogen-bond donors (Lipinski definition) is 2. The number of carbonyl (C=O) groups is 1. The molecule has 0 aromatic rings. The molecule has 2 fully saturated rings. The second kappa shape index (κ2) is 4.10. The number of hydrogen-bond acceptors (Lipinski definition) is 3. The number of piperidine rings is 1. The molecule has 4 heteroatoms. The molecule has 0 atom stereocenters. The number of likely N-dealkylation sites (tertiary alicyclic amines) is 1. The quantitative estimate of drug-likeness (QED) is 0.710. The highest BCUT2D eigenvalue weighted by atomic mass is 16.4. The van der Waals surface area contributed by atoms with E-state index in [0.717, 1.165) is 13.1 Å². The highest BCUT2D eigenvalue weighted by Crippen LogP contribution is 2.28. The van der Waals surface area contributed by atoms with E-state index in [-0.39, 0.29) is 0 Å². The van der Waals surface area contributed by atoms with Gasteiger partial charge in [-0.1, -0.05) is 12.8 Å². The number of carboxylic acid groups (broad SMARTS) is 1. The minimum atomic E-state index is -0.963. The third-order valence-corrected chi connectivity index (χ3v) is 3.96. The Morgan fingerprint density at radius 2 is 1.80 bits per heavy atom. The second-order valence-corrected chi connectivity index (χ2v) is 4.94. The van der Waals surface area contributed by atoms with E-state index in [2.05, 4.69) is 4.90 Å². The molecule has 2 aliphatic rings. The lowest BCUT2D eigenvalue weighted by atomic mass is 9.88. The molecule has 15 heavy (non-hydrogen) atoms. The molecule has 1 aliphatic carbocycles. The Morgan fingerprint density at radius 3 is 2.27 bits per heavy atom. The summed E-state index contributed by atoms with van der Waals surface area (Å²) < 4.78 is 0. The van der Waals surface area contributed by atoms with E-state index in [1.165, 1.54) is 25.7 Å². The Hall–Kier alpha value is -0.610. The number of carboxylic acids is 1. The van der Waals surface area contributed by atoms with Gasteiger partial charge in [0.05, 0.1) is 0 Å². The minimum absolute atomic E-state index is 0.596. The van der Waals surface area contributed by atoms with Gasteiger partial charge in [0.15, 0.2) is 0 Å². The van der Waals surface area contributed by atoms with Gasteiger partial charge in [-0.3, -0.25) is 4.79 Å². The van der Waals surface area contributed by atoms with Crippen LogP contribution in [0.1, 0.15) is 38.5 Å². The van der Waals surface area contributed by atoms with Crippen LogP contribution < -0.4 is 5.73 Å². The van der Waals surface area contributed by atoms with Crippen molar-refractivity contribution in [1.29, 1.82) is 0 Å². The standard InChI is InChI=1S/C11H20N2O2/c12-11(10(14)15)5-7-13(8-6-11)9-3-1-2-4-9/h9H,1-8,12H2,(H,14,15). The van der Waals surface area contributed by atoms with Gasteiger partial charge in [-0.15, -0.1) is 0 Å². The maximum atomic E-state index is 11.0. The monoisotopic (exact) mass is 212 g/mol. The van der Waals surface area contributed by atoms with Crippen molar-refractivity contribution in [2.24, 2.45) is 5.73 Å². The first-order chi connectivity index (χ1) is 7.12. The fraction of sp³-hybridized carbons (Fsp3) is 0.909. The number of nitrogens with zero attached hydrogens (tertiary/aromatic N) is 1. The molecule has 0 unspecified atom stereocenters. The maximum absolute atomic E-state index is 11.0. The normalized spacial score (nSPS) is 28.1. The number of aliphatic carboxylic acids is 1. The fourth-order valence-electron chi connectivity index (χ4n) is 2.77. The molecule has 0 spiro atoms. The van der Waals surface area contributed by atoms with Crippen LogP contribution in [0, 0.1) is 0 Å². The topological polar surface area (TPSA) is 66.6 Å². The molecule has 0 bridgehead atoms. The summed E-state index contributed by atoms with van der Waals surface area (Å²) in [5.41, 5.74) is 4.87. The van der Waals surface area contributed by atoms with Crippen LogP contribution in [0.3, 0.4) is 0 Å². The van der Waals surface area contributed by atoms with E-state index in [1.54, 1.807) is 0 Å². The van der Waals surface area contributed by atoms with Gasteiger partial charge in [-0.25, -0.2) is 0 Å². The molecule has 2 rings (SSSR count). The fourth-order valence-corrected chi connectivity index (χ4v) is 2.77. The number of nitrogens with two attached hydrogens (primary N) is 1. The van der Waals surface area contributed by atoms with Crippen molar-refractivity contribution in [2.45, 2.75) is 50.1 Å². The van der Waals surface area contributed by atoms with Crippen LogP contribution in [0.4, 0.5) is 0 Å². The average Bonchev–Trinajstić information content (AvgIpc) is 2.72. The van der Waals surface area contributed by atoms with Crippen LogP contribution >= 0.6 is 0 Å². The van der Waals surface area contributed by atoms with Gasteiger partial charge in [0.25, 0.3) is 0 Å². The summed E-state index contributed by atoms with van der Waals surface area (Å²) in [7, 11) is 0. The molecule has 0 radical (unpaired) electrons. The predicted octanol–water partition coefficient (Wildman–Crippen LogP) is 0.807. The van der Waals surface area contributed by atoms with Gasteiger partial charge >= 0.3 is 5.97 Å². The molecule has 0 amide bonds. The van der Waals surface area contributed by atoms with Crippen molar-refractivity contribution >= 4 is 5.97 Å². The van der Waals surface area contributed by atoms with Crippen molar-refractivity contribution in [3.05, 3.63) is 0 Å². The van der Waals surface area contributed by atoms with Crippen LogP contribution in [0.5, 0.6) is 0 Å². The Balaban J connectivity index is 1.88. The summed E-state index contributed by atoms with van der Waals surface area (Å²) in [5.74, 6) is -0.839. The van der Waals surface area contributed by atoms with Gasteiger partial charge in [0, 0.05) is 19.1 Å². The summed E-state index contributed by atoms with van der Waals surface area (Å²) in [5, 5.41) is 9.01. The summed E-state index contributed by atoms with van der Waals surface area (Å²) in [6, 6.07) is 0.698. The Bertz CT molecular complexity index is 241. The highest BCUT2D eigenvalue weighted by Gasteiger charge is 2.39. The Morgan fingerprint density at radius 1 is 1.27 bits per heavy atom. The molecule has 1 saturated heterocycles. The van der Waals surface area contributed by atoms with Gasteiger partial charge in [0.2, 0.25) is 0 Å². The van der Waals surface area contributed by atoms with Gasteiger partial charge < -0.3 is 15.7 Å². The summed E-state index contributed by atoms with van der Waals surface area (Å²) in [4.78, 5) is 13.4. The molecule has 0 aromatic carbocycles. The van der Waals surface area contributed by atoms with E-state index < -0.39 is 11.5 Å². The zero-order valence-electron chi connectivity index (χ0n) is 9.11. The molecule has 86 valence electrons. The Labute approximate surface area is 90.4 Å². The molecular formula is C11H20N2O2. The Kier molecular flexibility index (Phi) is 2.98. The first kappa shape index (κ1) is 10.9. The van der Waals surface area contributed by atoms with E-state index in [1.807, 2.05) is 0 Å². The third kappa shape index (κ3) is 2.16. The minimum Gasteiger partial charge on any atom is -0.480 e. The zero-order valence-corrected chi connectivity index (χ0v) is 9.11. The van der Waals surface area contributed by atoms with Crippen molar-refractivity contribution in [3.8, 4) is 0 Å². The van der Waals surface area contributed by atoms with Gasteiger partial charge in [0.1, 0.15) is 5.54 Å². The predicted molar refractivity (Wildman–Crippen MR) is 57.6 cm³/mol. The molecule has 0 aromatic heterocycles. The second-order valence-electron chi connectivity index (χ2n) is 4.94.